The Bertz CT molecular complexity index is 775. The van der Waals surface area contributed by atoms with Gasteiger partial charge in [-0.15, -0.1) is 0 Å². The Balaban J connectivity index is 1.77. The number of nitro groups is 1. The van der Waals surface area contributed by atoms with Crippen molar-refractivity contribution in [2.45, 2.75) is 24.3 Å². The van der Waals surface area contributed by atoms with Crippen LogP contribution < -0.4 is 4.90 Å². The van der Waals surface area contributed by atoms with E-state index in [2.05, 4.69) is 21.6 Å². The molecule has 3 rings (SSSR count). The maximum atomic E-state index is 12.2. The van der Waals surface area contributed by atoms with Crippen LogP contribution in [0, 0.1) is 10.1 Å². The molecule has 144 valence electrons. The fourth-order valence-corrected chi connectivity index (χ4v) is 4.79. The first-order valence-electron chi connectivity index (χ1n) is 8.99. The van der Waals surface area contributed by atoms with Crippen molar-refractivity contribution in [3.8, 4) is 0 Å². The third-order valence-electron chi connectivity index (χ3n) is 5.43. The van der Waals surface area contributed by atoms with Crippen LogP contribution in [0.5, 0.6) is 0 Å². The lowest BCUT2D eigenvalue weighted by Gasteiger charge is -2.37. The van der Waals surface area contributed by atoms with Crippen molar-refractivity contribution in [1.82, 2.24) is 9.80 Å². The van der Waals surface area contributed by atoms with Crippen LogP contribution in [0.3, 0.4) is 0 Å². The fraction of sp³-hybridized carbons (Fsp3) is 0.647. The van der Waals surface area contributed by atoms with Gasteiger partial charge in [-0.05, 0) is 19.0 Å². The van der Waals surface area contributed by atoms with Gasteiger partial charge in [0.1, 0.15) is 0 Å². The molecule has 2 saturated heterocycles. The molecule has 2 heterocycles. The topological polar surface area (TPSA) is 87.0 Å². The summed E-state index contributed by atoms with van der Waals surface area (Å²) in [5.74, 6) is 0. The highest BCUT2D eigenvalue weighted by Gasteiger charge is 2.32. The molecule has 0 N–H and O–H groups in total. The highest BCUT2D eigenvalue weighted by atomic mass is 32.2. The minimum absolute atomic E-state index is 0.0446. The van der Waals surface area contributed by atoms with Crippen molar-refractivity contribution < 1.29 is 13.3 Å². The fourth-order valence-electron chi connectivity index (χ4n) is 3.88. The number of rotatable bonds is 5. The second-order valence-electron chi connectivity index (χ2n) is 7.04. The highest BCUT2D eigenvalue weighted by molar-refractivity contribution is 7.90. The first-order valence-corrected chi connectivity index (χ1v) is 10.9. The van der Waals surface area contributed by atoms with Crippen LogP contribution >= 0.6 is 0 Å². The number of nitro benzene ring substituents is 1. The molecular weight excluding hydrogens is 356 g/mol. The van der Waals surface area contributed by atoms with Crippen LogP contribution in [-0.4, -0.2) is 81.3 Å². The average molecular weight is 382 g/mol. The minimum atomic E-state index is -3.55. The maximum absolute atomic E-state index is 12.2. The predicted octanol–water partition coefficient (Wildman–Crippen LogP) is 1.21. The molecule has 9 heteroatoms. The summed E-state index contributed by atoms with van der Waals surface area (Å²) in [6, 6.07) is 4.54. The standard InChI is InChI=1S/C17H26N4O4S/c1-3-18-8-10-19(11-9-18)15-6-7-20(13-15)16-5-4-14(21(22)23)12-17(16)26(2,24)25/h4-5,12,15H,3,6-11,13H2,1-2H3. The third-order valence-corrected chi connectivity index (χ3v) is 6.55. The zero-order valence-electron chi connectivity index (χ0n) is 15.3. The molecule has 0 aliphatic carbocycles. The molecule has 1 unspecified atom stereocenters. The Morgan fingerprint density at radius 1 is 1.19 bits per heavy atom. The molecule has 2 fully saturated rings. The molecule has 0 aromatic heterocycles. The van der Waals surface area contributed by atoms with Crippen molar-refractivity contribution in [3.63, 3.8) is 0 Å². The largest absolute Gasteiger partial charge is 0.369 e. The second kappa shape index (κ2) is 7.50. The number of non-ortho nitro benzene ring substituents is 1. The van der Waals surface area contributed by atoms with E-state index in [9.17, 15) is 18.5 Å². The summed E-state index contributed by atoms with van der Waals surface area (Å²) in [6.45, 7) is 8.97. The van der Waals surface area contributed by atoms with Crippen molar-refractivity contribution in [1.29, 1.82) is 0 Å². The van der Waals surface area contributed by atoms with E-state index in [1.165, 1.54) is 12.1 Å². The van der Waals surface area contributed by atoms with Gasteiger partial charge in [0.15, 0.2) is 9.84 Å². The molecule has 1 atom stereocenters. The lowest BCUT2D eigenvalue weighted by molar-refractivity contribution is -0.385. The number of nitrogens with zero attached hydrogens (tertiary/aromatic N) is 4. The molecular formula is C17H26N4O4S. The van der Waals surface area contributed by atoms with E-state index >= 15 is 0 Å². The Labute approximate surface area is 154 Å². The van der Waals surface area contributed by atoms with E-state index in [1.54, 1.807) is 6.07 Å². The normalized spacial score (nSPS) is 22.7. The molecule has 8 nitrogen and oxygen atoms in total. The highest BCUT2D eigenvalue weighted by Crippen LogP contribution is 2.32. The molecule has 0 spiro atoms. The molecule has 0 saturated carbocycles. The van der Waals surface area contributed by atoms with Gasteiger partial charge in [0.25, 0.3) is 5.69 Å². The Hall–Kier alpha value is -1.71. The summed E-state index contributed by atoms with van der Waals surface area (Å²) in [5, 5.41) is 11.0. The van der Waals surface area contributed by atoms with Gasteiger partial charge in [0.05, 0.1) is 15.5 Å². The van der Waals surface area contributed by atoms with Gasteiger partial charge in [-0.3, -0.25) is 15.0 Å². The minimum Gasteiger partial charge on any atom is -0.369 e. The summed E-state index contributed by atoms with van der Waals surface area (Å²) in [7, 11) is -3.55. The Morgan fingerprint density at radius 2 is 1.88 bits per heavy atom. The van der Waals surface area contributed by atoms with Gasteiger partial charge >= 0.3 is 0 Å². The van der Waals surface area contributed by atoms with Gasteiger partial charge in [-0.2, -0.15) is 0 Å². The third kappa shape index (κ3) is 3.99. The van der Waals surface area contributed by atoms with E-state index in [0.29, 0.717) is 11.7 Å². The number of sulfone groups is 1. The first kappa shape index (κ1) is 19.1. The Morgan fingerprint density at radius 3 is 2.46 bits per heavy atom. The zero-order chi connectivity index (χ0) is 18.9. The van der Waals surface area contributed by atoms with Crippen molar-refractivity contribution in [3.05, 3.63) is 28.3 Å². The van der Waals surface area contributed by atoms with E-state index in [-0.39, 0.29) is 10.6 Å². The van der Waals surface area contributed by atoms with Crippen molar-refractivity contribution in [2.75, 3.05) is 57.0 Å². The van der Waals surface area contributed by atoms with Gasteiger partial charge < -0.3 is 9.80 Å². The number of benzene rings is 1. The molecule has 0 radical (unpaired) electrons. The molecule has 2 aliphatic rings. The van der Waals surface area contributed by atoms with E-state index < -0.39 is 14.8 Å². The van der Waals surface area contributed by atoms with Gasteiger partial charge in [-0.25, -0.2) is 8.42 Å². The summed E-state index contributed by atoms with van der Waals surface area (Å²) in [4.78, 5) is 17.5. The van der Waals surface area contributed by atoms with E-state index in [0.717, 1.165) is 58.5 Å². The average Bonchev–Trinajstić information content (AvgIpc) is 3.10. The lowest BCUT2D eigenvalue weighted by Crippen LogP contribution is -2.50. The maximum Gasteiger partial charge on any atom is 0.270 e. The predicted molar refractivity (Wildman–Crippen MR) is 101 cm³/mol. The van der Waals surface area contributed by atoms with Gasteiger partial charge in [-0.1, -0.05) is 6.92 Å². The van der Waals surface area contributed by atoms with Crippen LogP contribution in [-0.2, 0) is 9.84 Å². The molecule has 0 bridgehead atoms. The number of likely N-dealkylation sites (N-methyl/N-ethyl adjacent to an activating group) is 1. The second-order valence-corrected chi connectivity index (χ2v) is 9.02. The van der Waals surface area contributed by atoms with Crippen molar-refractivity contribution in [2.24, 2.45) is 0 Å². The number of piperazine rings is 1. The van der Waals surface area contributed by atoms with E-state index in [4.69, 9.17) is 0 Å². The van der Waals surface area contributed by atoms with Crippen molar-refractivity contribution >= 4 is 21.2 Å². The lowest BCUT2D eigenvalue weighted by atomic mass is 10.2. The molecule has 2 aliphatic heterocycles. The number of hydrogen-bond acceptors (Lipinski definition) is 7. The zero-order valence-corrected chi connectivity index (χ0v) is 16.1. The quantitative estimate of drug-likeness (QED) is 0.559. The van der Waals surface area contributed by atoms with Gasteiger partial charge in [0.2, 0.25) is 0 Å². The number of anilines is 1. The SMILES string of the molecule is CCN1CCN(C2CCN(c3ccc([N+](=O)[O-])cc3S(C)(=O)=O)C2)CC1. The van der Waals surface area contributed by atoms with Crippen LogP contribution in [0.2, 0.25) is 0 Å². The smallest absolute Gasteiger partial charge is 0.270 e. The molecule has 1 aromatic rings. The van der Waals surface area contributed by atoms with Crippen LogP contribution in [0.15, 0.2) is 23.1 Å². The summed E-state index contributed by atoms with van der Waals surface area (Å²) < 4.78 is 24.3. The summed E-state index contributed by atoms with van der Waals surface area (Å²) in [5.41, 5.74) is 0.383. The van der Waals surface area contributed by atoms with Crippen LogP contribution in [0.4, 0.5) is 11.4 Å². The first-order chi connectivity index (χ1) is 12.3. The van der Waals surface area contributed by atoms with Crippen LogP contribution in [0.1, 0.15) is 13.3 Å². The molecule has 0 amide bonds. The monoisotopic (exact) mass is 382 g/mol. The summed E-state index contributed by atoms with van der Waals surface area (Å²) in [6.07, 6.45) is 2.08. The molecule has 26 heavy (non-hydrogen) atoms. The molecule has 1 aromatic carbocycles. The van der Waals surface area contributed by atoms with Gasteiger partial charge in [0, 0.05) is 63.7 Å². The van der Waals surface area contributed by atoms with Crippen LogP contribution in [0.25, 0.3) is 0 Å². The Kier molecular flexibility index (Phi) is 5.50. The summed E-state index contributed by atoms with van der Waals surface area (Å²) >= 11 is 0. The van der Waals surface area contributed by atoms with E-state index in [1.807, 2.05) is 0 Å². The number of hydrogen-bond donors (Lipinski definition) is 0.